The maximum atomic E-state index is 13.4. The van der Waals surface area contributed by atoms with Crippen molar-refractivity contribution in [3.05, 3.63) is 108 Å². The molecule has 0 atom stereocenters. The average Bonchev–Trinajstić information content (AvgIpc) is 3.43. The van der Waals surface area contributed by atoms with Crippen LogP contribution in [0.2, 0.25) is 0 Å². The summed E-state index contributed by atoms with van der Waals surface area (Å²) in [5.74, 6) is 0.620. The van der Waals surface area contributed by atoms with Crippen LogP contribution in [0.3, 0.4) is 0 Å². The van der Waals surface area contributed by atoms with E-state index in [4.69, 9.17) is 5.10 Å². The number of piperidine rings is 1. The van der Waals surface area contributed by atoms with Crippen molar-refractivity contribution >= 4 is 28.3 Å². The minimum Gasteiger partial charge on any atom is -0.307 e. The molecule has 0 radical (unpaired) electrons. The summed E-state index contributed by atoms with van der Waals surface area (Å²) in [6, 6.07) is 32.8. The summed E-state index contributed by atoms with van der Waals surface area (Å²) in [6.45, 7) is 9.75. The number of rotatable bonds is 6. The molecule has 5 aromatic rings. The molecule has 0 bridgehead atoms. The maximum Gasteiger partial charge on any atom is 0.324 e. The molecule has 1 fully saturated rings. The Morgan fingerprint density at radius 1 is 0.786 bits per heavy atom. The van der Waals surface area contributed by atoms with Gasteiger partial charge in [-0.3, -0.25) is 10.2 Å². The molecule has 0 aliphatic carbocycles. The Balaban J connectivity index is 1.24. The van der Waals surface area contributed by atoms with Gasteiger partial charge < -0.3 is 5.32 Å². The van der Waals surface area contributed by atoms with Crippen LogP contribution in [-0.2, 0) is 12.0 Å². The fourth-order valence-electron chi connectivity index (χ4n) is 5.70. The Morgan fingerprint density at radius 3 is 2.19 bits per heavy atom. The molecule has 2 amide bonds. The Labute approximate surface area is 248 Å². The fourth-order valence-corrected chi connectivity index (χ4v) is 5.70. The zero-order valence-electron chi connectivity index (χ0n) is 24.7. The van der Waals surface area contributed by atoms with Gasteiger partial charge in [-0.25, -0.2) is 9.48 Å². The quantitative estimate of drug-likeness (QED) is 0.220. The summed E-state index contributed by atoms with van der Waals surface area (Å²) in [7, 11) is 0. The largest absolute Gasteiger partial charge is 0.324 e. The van der Waals surface area contributed by atoms with Gasteiger partial charge in [-0.05, 0) is 66.2 Å². The molecular formula is C36H39N5O. The zero-order valence-corrected chi connectivity index (χ0v) is 24.7. The number of para-hydroxylation sites is 1. The number of carbonyl (C=O) groups excluding carboxylic acids is 1. The molecule has 4 aromatic carbocycles. The van der Waals surface area contributed by atoms with Crippen LogP contribution < -0.4 is 10.6 Å². The Morgan fingerprint density at radius 2 is 1.48 bits per heavy atom. The molecule has 0 unspecified atom stereocenters. The summed E-state index contributed by atoms with van der Waals surface area (Å²) >= 11 is 0. The zero-order chi connectivity index (χ0) is 29.1. The van der Waals surface area contributed by atoms with E-state index < -0.39 is 0 Å². The van der Waals surface area contributed by atoms with Crippen LogP contribution in [-0.4, -0.2) is 33.8 Å². The Hall–Kier alpha value is -4.42. The minimum absolute atomic E-state index is 0.162. The van der Waals surface area contributed by atoms with Crippen LogP contribution in [0.4, 0.5) is 16.3 Å². The summed E-state index contributed by atoms with van der Waals surface area (Å²) in [5, 5.41) is 13.1. The minimum atomic E-state index is -0.312. The molecular weight excluding hydrogens is 518 g/mol. The SMILES string of the molecule is CC(C)(C)c1cc(NC(=O)Nc2ccc(-c3ccc(CN4CCCCC4)cc3)c3ccccc23)n(-c2ccccc2)n1. The number of nitrogens with zero attached hydrogens (tertiary/aromatic N) is 3. The van der Waals surface area contributed by atoms with Crippen molar-refractivity contribution in [1.82, 2.24) is 14.7 Å². The number of urea groups is 1. The summed E-state index contributed by atoms with van der Waals surface area (Å²) in [4.78, 5) is 15.9. The first-order valence-electron chi connectivity index (χ1n) is 14.9. The van der Waals surface area contributed by atoms with Gasteiger partial charge in [-0.2, -0.15) is 5.10 Å². The molecule has 1 aromatic heterocycles. The smallest absolute Gasteiger partial charge is 0.307 e. The standard InChI is InChI=1S/C36H39N5O/c1-36(2,3)33-24-34(41(39-33)28-12-6-4-7-13-28)38-35(42)37-32-21-20-29(30-14-8-9-15-31(30)32)27-18-16-26(17-19-27)25-40-22-10-5-11-23-40/h4,6-9,12-21,24H,5,10-11,22-23,25H2,1-3H3,(H2,37,38,42). The third kappa shape index (κ3) is 6.09. The number of aromatic nitrogens is 2. The second-order valence-electron chi connectivity index (χ2n) is 12.2. The predicted octanol–water partition coefficient (Wildman–Crippen LogP) is 8.62. The molecule has 214 valence electrons. The summed E-state index contributed by atoms with van der Waals surface area (Å²) in [5.41, 5.74) is 6.06. The van der Waals surface area contributed by atoms with Gasteiger partial charge in [0, 0.05) is 23.4 Å². The first kappa shape index (κ1) is 27.7. The number of hydrogen-bond donors (Lipinski definition) is 2. The predicted molar refractivity (Wildman–Crippen MR) is 173 cm³/mol. The lowest BCUT2D eigenvalue weighted by molar-refractivity contribution is 0.221. The van der Waals surface area contributed by atoms with Gasteiger partial charge in [0.15, 0.2) is 0 Å². The lowest BCUT2D eigenvalue weighted by Gasteiger charge is -2.26. The number of carbonyl (C=O) groups is 1. The van der Waals surface area contributed by atoms with E-state index in [0.29, 0.717) is 5.82 Å². The average molecular weight is 558 g/mol. The molecule has 1 aliphatic rings. The maximum absolute atomic E-state index is 13.4. The second-order valence-corrected chi connectivity index (χ2v) is 12.2. The van der Waals surface area contributed by atoms with E-state index in [1.54, 1.807) is 4.68 Å². The second kappa shape index (κ2) is 11.8. The van der Waals surface area contributed by atoms with Crippen LogP contribution in [0, 0.1) is 0 Å². The Kier molecular flexibility index (Phi) is 7.81. The number of nitrogens with one attached hydrogen (secondary N) is 2. The molecule has 42 heavy (non-hydrogen) atoms. The normalized spacial score (nSPS) is 14.2. The van der Waals surface area contributed by atoms with Crippen molar-refractivity contribution in [2.24, 2.45) is 0 Å². The highest BCUT2D eigenvalue weighted by atomic mass is 16.2. The van der Waals surface area contributed by atoms with E-state index in [1.165, 1.54) is 43.5 Å². The van der Waals surface area contributed by atoms with Gasteiger partial charge in [0.05, 0.1) is 17.1 Å². The van der Waals surface area contributed by atoms with E-state index in [-0.39, 0.29) is 11.4 Å². The number of anilines is 2. The van der Waals surface area contributed by atoms with Crippen molar-refractivity contribution in [1.29, 1.82) is 0 Å². The highest BCUT2D eigenvalue weighted by Gasteiger charge is 2.22. The molecule has 2 N–H and O–H groups in total. The van der Waals surface area contributed by atoms with Crippen molar-refractivity contribution in [3.8, 4) is 16.8 Å². The van der Waals surface area contributed by atoms with Crippen LogP contribution in [0.5, 0.6) is 0 Å². The molecule has 6 rings (SSSR count). The first-order chi connectivity index (χ1) is 20.3. The van der Waals surface area contributed by atoms with Crippen molar-refractivity contribution in [3.63, 3.8) is 0 Å². The van der Waals surface area contributed by atoms with Crippen LogP contribution in [0.1, 0.15) is 51.3 Å². The first-order valence-corrected chi connectivity index (χ1v) is 14.9. The van der Waals surface area contributed by atoms with Gasteiger partial charge >= 0.3 is 6.03 Å². The molecule has 0 spiro atoms. The molecule has 1 aliphatic heterocycles. The third-order valence-corrected chi connectivity index (χ3v) is 8.01. The lowest BCUT2D eigenvalue weighted by atomic mass is 9.92. The van der Waals surface area contributed by atoms with Crippen LogP contribution in [0.25, 0.3) is 27.6 Å². The van der Waals surface area contributed by atoms with Crippen molar-refractivity contribution in [2.45, 2.75) is 52.0 Å². The number of hydrogen-bond acceptors (Lipinski definition) is 3. The topological polar surface area (TPSA) is 62.2 Å². The lowest BCUT2D eigenvalue weighted by Crippen LogP contribution is -2.28. The van der Waals surface area contributed by atoms with Crippen molar-refractivity contribution < 1.29 is 4.79 Å². The van der Waals surface area contributed by atoms with E-state index in [1.807, 2.05) is 54.6 Å². The summed E-state index contributed by atoms with van der Waals surface area (Å²) in [6.07, 6.45) is 3.96. The summed E-state index contributed by atoms with van der Waals surface area (Å²) < 4.78 is 1.79. The van der Waals surface area contributed by atoms with Crippen LogP contribution in [0.15, 0.2) is 97.1 Å². The van der Waals surface area contributed by atoms with Gasteiger partial charge in [-0.1, -0.05) is 100.0 Å². The number of fused-ring (bicyclic) bond motifs is 1. The van der Waals surface area contributed by atoms with Crippen molar-refractivity contribution in [2.75, 3.05) is 23.7 Å². The molecule has 2 heterocycles. The van der Waals surface area contributed by atoms with E-state index in [2.05, 4.69) is 78.8 Å². The van der Waals surface area contributed by atoms with Crippen LogP contribution >= 0.6 is 0 Å². The van der Waals surface area contributed by atoms with E-state index in [0.717, 1.165) is 39.9 Å². The van der Waals surface area contributed by atoms with E-state index >= 15 is 0 Å². The Bertz CT molecular complexity index is 1680. The highest BCUT2D eigenvalue weighted by molar-refractivity contribution is 6.09. The molecule has 6 nitrogen and oxygen atoms in total. The van der Waals surface area contributed by atoms with E-state index in [9.17, 15) is 4.79 Å². The fraction of sp³-hybridized carbons (Fsp3) is 0.278. The van der Waals surface area contributed by atoms with Gasteiger partial charge in [-0.15, -0.1) is 0 Å². The van der Waals surface area contributed by atoms with Gasteiger partial charge in [0.1, 0.15) is 5.82 Å². The highest BCUT2D eigenvalue weighted by Crippen LogP contribution is 2.34. The molecule has 1 saturated heterocycles. The number of likely N-dealkylation sites (tertiary alicyclic amines) is 1. The monoisotopic (exact) mass is 557 g/mol. The molecule has 6 heteroatoms. The van der Waals surface area contributed by atoms with Gasteiger partial charge in [0.25, 0.3) is 0 Å². The number of benzene rings is 4. The third-order valence-electron chi connectivity index (χ3n) is 8.01. The van der Waals surface area contributed by atoms with Gasteiger partial charge in [0.2, 0.25) is 0 Å². The number of amides is 2. The molecule has 0 saturated carbocycles.